The van der Waals surface area contributed by atoms with E-state index in [-0.39, 0.29) is 0 Å². The topological polar surface area (TPSA) is 0 Å². The number of fused-ring (bicyclic) bond motifs is 1. The van der Waals surface area contributed by atoms with Gasteiger partial charge in [-0.3, -0.25) is 0 Å². The summed E-state index contributed by atoms with van der Waals surface area (Å²) in [5.41, 5.74) is 9.35. The van der Waals surface area contributed by atoms with Crippen molar-refractivity contribution in [3.05, 3.63) is 40.0 Å². The minimum Gasteiger partial charge on any atom is -0.0651 e. The van der Waals surface area contributed by atoms with Gasteiger partial charge in [0.05, 0.1) is 0 Å². The molecule has 1 aliphatic rings. The molecule has 0 saturated carbocycles. The summed E-state index contributed by atoms with van der Waals surface area (Å²) in [6.45, 7) is 9.08. The summed E-state index contributed by atoms with van der Waals surface area (Å²) in [5.74, 6) is 0. The van der Waals surface area contributed by atoms with E-state index in [0.717, 1.165) is 12.8 Å². The zero-order valence-electron chi connectivity index (χ0n) is 11.0. The monoisotopic (exact) mass is 214 g/mol. The average Bonchev–Trinajstić information content (AvgIpc) is 2.61. The molecule has 1 aromatic rings. The van der Waals surface area contributed by atoms with E-state index in [1.165, 1.54) is 18.4 Å². The quantitative estimate of drug-likeness (QED) is 0.692. The van der Waals surface area contributed by atoms with Gasteiger partial charge in [-0.1, -0.05) is 38.5 Å². The zero-order valence-corrected chi connectivity index (χ0v) is 11.0. The Hall–Kier alpha value is -1.04. The second-order valence-corrected chi connectivity index (χ2v) is 4.77. The first-order valence-corrected chi connectivity index (χ1v) is 6.54. The van der Waals surface area contributed by atoms with E-state index in [9.17, 15) is 0 Å². The van der Waals surface area contributed by atoms with Gasteiger partial charge in [0.1, 0.15) is 0 Å². The smallest absolute Gasteiger partial charge is 0.00577 e. The van der Waals surface area contributed by atoms with Crippen molar-refractivity contribution in [2.24, 2.45) is 0 Å². The van der Waals surface area contributed by atoms with E-state index in [1.807, 2.05) is 0 Å². The Bertz CT molecular complexity index is 436. The van der Waals surface area contributed by atoms with Crippen molar-refractivity contribution in [3.8, 4) is 0 Å². The second-order valence-electron chi connectivity index (χ2n) is 4.77. The van der Waals surface area contributed by atoms with Crippen LogP contribution in [-0.2, 0) is 19.3 Å². The fourth-order valence-corrected chi connectivity index (χ4v) is 2.94. The van der Waals surface area contributed by atoms with Crippen LogP contribution in [0.25, 0.3) is 5.57 Å². The van der Waals surface area contributed by atoms with Gasteiger partial charge in [0.25, 0.3) is 0 Å². The summed E-state index contributed by atoms with van der Waals surface area (Å²) in [4.78, 5) is 0. The molecule has 0 spiro atoms. The third-order valence-electron chi connectivity index (χ3n) is 3.84. The molecule has 0 heteroatoms. The van der Waals surface area contributed by atoms with Gasteiger partial charge in [0.2, 0.25) is 0 Å². The Morgan fingerprint density at radius 2 is 1.56 bits per heavy atom. The first-order chi connectivity index (χ1) is 7.71. The van der Waals surface area contributed by atoms with Gasteiger partial charge >= 0.3 is 0 Å². The minimum absolute atomic E-state index is 1.16. The molecule has 16 heavy (non-hydrogen) atoms. The van der Waals surface area contributed by atoms with Crippen LogP contribution in [0.3, 0.4) is 0 Å². The highest BCUT2D eigenvalue weighted by Crippen LogP contribution is 2.36. The van der Waals surface area contributed by atoms with Crippen LogP contribution in [-0.4, -0.2) is 0 Å². The molecular weight excluding hydrogens is 192 g/mol. The van der Waals surface area contributed by atoms with Gasteiger partial charge in [-0.25, -0.2) is 0 Å². The Kier molecular flexibility index (Phi) is 3.18. The van der Waals surface area contributed by atoms with Crippen LogP contribution >= 0.6 is 0 Å². The van der Waals surface area contributed by atoms with Crippen LogP contribution in [0.5, 0.6) is 0 Å². The highest BCUT2D eigenvalue weighted by Gasteiger charge is 2.18. The first-order valence-electron chi connectivity index (χ1n) is 6.54. The zero-order chi connectivity index (χ0) is 11.7. The fourth-order valence-electron chi connectivity index (χ4n) is 2.94. The molecule has 0 aliphatic heterocycles. The number of hydrogen-bond acceptors (Lipinski definition) is 0. The molecule has 86 valence electrons. The van der Waals surface area contributed by atoms with Gasteiger partial charge in [0.15, 0.2) is 0 Å². The van der Waals surface area contributed by atoms with Crippen LogP contribution in [0.15, 0.2) is 17.7 Å². The van der Waals surface area contributed by atoms with Gasteiger partial charge in [-0.2, -0.15) is 0 Å². The largest absolute Gasteiger partial charge is 0.0651 e. The third-order valence-corrected chi connectivity index (χ3v) is 3.84. The lowest BCUT2D eigenvalue weighted by Crippen LogP contribution is -1.95. The van der Waals surface area contributed by atoms with E-state index < -0.39 is 0 Å². The molecule has 0 bridgehead atoms. The highest BCUT2D eigenvalue weighted by atomic mass is 14.2. The van der Waals surface area contributed by atoms with Crippen LogP contribution < -0.4 is 0 Å². The Morgan fingerprint density at radius 1 is 0.938 bits per heavy atom. The van der Waals surface area contributed by atoms with Crippen LogP contribution in [0.2, 0.25) is 0 Å². The number of hydrogen-bond donors (Lipinski definition) is 0. The van der Waals surface area contributed by atoms with Crippen LogP contribution in [0, 0.1) is 0 Å². The van der Waals surface area contributed by atoms with Crippen molar-refractivity contribution >= 4 is 5.57 Å². The van der Waals surface area contributed by atoms with Crippen LogP contribution in [0.4, 0.5) is 0 Å². The first kappa shape index (κ1) is 11.4. The van der Waals surface area contributed by atoms with Crippen molar-refractivity contribution in [1.82, 2.24) is 0 Å². The van der Waals surface area contributed by atoms with Gasteiger partial charge in [-0.15, -0.1) is 0 Å². The molecule has 0 heterocycles. The Labute approximate surface area is 99.4 Å². The molecule has 0 aromatic heterocycles. The number of benzene rings is 1. The summed E-state index contributed by atoms with van der Waals surface area (Å²) in [7, 11) is 0. The van der Waals surface area contributed by atoms with Crippen molar-refractivity contribution in [1.29, 1.82) is 0 Å². The maximum Gasteiger partial charge on any atom is -0.00577 e. The van der Waals surface area contributed by atoms with Gasteiger partial charge in [0, 0.05) is 0 Å². The number of allylic oxidation sites excluding steroid dienone is 2. The normalized spacial score (nSPS) is 14.5. The van der Waals surface area contributed by atoms with E-state index in [4.69, 9.17) is 0 Å². The standard InChI is InChI=1S/C16H22/c1-5-12-9-14-8-11(4)15(7-3)16(14)10-13(12)6-2/h9-10H,5-8H2,1-4H3. The van der Waals surface area contributed by atoms with Crippen molar-refractivity contribution < 1.29 is 0 Å². The summed E-state index contributed by atoms with van der Waals surface area (Å²) in [6, 6.07) is 4.89. The molecule has 0 nitrogen and oxygen atoms in total. The molecule has 0 N–H and O–H groups in total. The molecular formula is C16H22. The molecule has 0 saturated heterocycles. The van der Waals surface area contributed by atoms with Crippen molar-refractivity contribution in [2.45, 2.75) is 53.4 Å². The summed E-state index contributed by atoms with van der Waals surface area (Å²) < 4.78 is 0. The molecule has 0 radical (unpaired) electrons. The van der Waals surface area contributed by atoms with E-state index in [1.54, 1.807) is 27.8 Å². The Morgan fingerprint density at radius 3 is 2.12 bits per heavy atom. The van der Waals surface area contributed by atoms with E-state index >= 15 is 0 Å². The maximum absolute atomic E-state index is 2.45. The van der Waals surface area contributed by atoms with E-state index in [2.05, 4.69) is 39.8 Å². The summed E-state index contributed by atoms with van der Waals surface area (Å²) >= 11 is 0. The minimum atomic E-state index is 1.16. The third kappa shape index (κ3) is 1.71. The number of aryl methyl sites for hydroxylation is 2. The molecule has 1 aromatic carbocycles. The lowest BCUT2D eigenvalue weighted by Gasteiger charge is -2.11. The Balaban J connectivity index is 2.54. The predicted molar refractivity (Wildman–Crippen MR) is 71.8 cm³/mol. The molecule has 2 rings (SSSR count). The summed E-state index contributed by atoms with van der Waals surface area (Å²) in [6.07, 6.45) is 4.67. The lowest BCUT2D eigenvalue weighted by atomic mass is 9.94. The molecule has 1 aliphatic carbocycles. The van der Waals surface area contributed by atoms with Gasteiger partial charge in [-0.05, 0) is 60.4 Å². The van der Waals surface area contributed by atoms with E-state index in [0.29, 0.717) is 0 Å². The SMILES string of the molecule is CCC1=C(C)Cc2cc(CC)c(CC)cc21. The average molecular weight is 214 g/mol. The molecule has 0 fully saturated rings. The predicted octanol–water partition coefficient (Wildman–Crippen LogP) is 4.55. The van der Waals surface area contributed by atoms with Gasteiger partial charge < -0.3 is 0 Å². The lowest BCUT2D eigenvalue weighted by molar-refractivity contribution is 1.02. The van der Waals surface area contributed by atoms with Crippen molar-refractivity contribution in [2.75, 3.05) is 0 Å². The molecule has 0 amide bonds. The van der Waals surface area contributed by atoms with Crippen LogP contribution in [0.1, 0.15) is 56.4 Å². The molecule has 0 atom stereocenters. The number of rotatable bonds is 3. The van der Waals surface area contributed by atoms with Crippen molar-refractivity contribution in [3.63, 3.8) is 0 Å². The summed E-state index contributed by atoms with van der Waals surface area (Å²) in [5, 5.41) is 0. The second kappa shape index (κ2) is 4.45. The maximum atomic E-state index is 2.45. The highest BCUT2D eigenvalue weighted by molar-refractivity contribution is 5.76. The fraction of sp³-hybridized carbons (Fsp3) is 0.500. The molecule has 0 unspecified atom stereocenters.